The van der Waals surface area contributed by atoms with Gasteiger partial charge in [0.25, 0.3) is 0 Å². The quantitative estimate of drug-likeness (QED) is 0.177. The van der Waals surface area contributed by atoms with Gasteiger partial charge in [-0.25, -0.2) is 0 Å². The van der Waals surface area contributed by atoms with Crippen LogP contribution in [-0.2, 0) is 4.74 Å². The second-order valence-electron chi connectivity index (χ2n) is 3.39. The molecule has 14 heavy (non-hydrogen) atoms. The molecule has 0 aliphatic carbocycles. The second-order valence-corrected chi connectivity index (χ2v) is 3.39. The Morgan fingerprint density at radius 1 is 1.50 bits per heavy atom. The Morgan fingerprint density at radius 3 is 2.79 bits per heavy atom. The molecule has 84 valence electrons. The van der Waals surface area contributed by atoms with Crippen LogP contribution in [0.25, 0.3) is 0 Å². The Morgan fingerprint density at radius 2 is 2.21 bits per heavy atom. The molecule has 0 aromatic carbocycles. The molecule has 5 heteroatoms. The van der Waals surface area contributed by atoms with E-state index >= 15 is 0 Å². The van der Waals surface area contributed by atoms with E-state index in [0.717, 1.165) is 26.0 Å². The molecule has 0 unspecified atom stereocenters. The molecule has 0 saturated carbocycles. The van der Waals surface area contributed by atoms with Crippen molar-refractivity contribution in [1.82, 2.24) is 5.32 Å². The summed E-state index contributed by atoms with van der Waals surface area (Å²) in [7, 11) is 0. The van der Waals surface area contributed by atoms with Crippen molar-refractivity contribution in [3.8, 4) is 0 Å². The van der Waals surface area contributed by atoms with E-state index < -0.39 is 0 Å². The Balaban J connectivity index is 3.07. The van der Waals surface area contributed by atoms with Crippen molar-refractivity contribution in [2.75, 3.05) is 19.7 Å². The molecule has 0 spiro atoms. The van der Waals surface area contributed by atoms with Crippen molar-refractivity contribution >= 4 is 5.84 Å². The third kappa shape index (κ3) is 9.28. The van der Waals surface area contributed by atoms with E-state index in [1.165, 1.54) is 0 Å². The molecule has 0 radical (unpaired) electrons. The highest BCUT2D eigenvalue weighted by molar-refractivity contribution is 5.81. The summed E-state index contributed by atoms with van der Waals surface area (Å²) in [4.78, 5) is 0. The number of nitrogens with two attached hydrogens (primary N) is 1. The van der Waals surface area contributed by atoms with E-state index in [-0.39, 0.29) is 5.84 Å². The van der Waals surface area contributed by atoms with Crippen LogP contribution >= 0.6 is 0 Å². The van der Waals surface area contributed by atoms with Crippen LogP contribution in [0.15, 0.2) is 5.16 Å². The van der Waals surface area contributed by atoms with Crippen LogP contribution in [0.4, 0.5) is 0 Å². The van der Waals surface area contributed by atoms with Crippen LogP contribution in [0, 0.1) is 0 Å². The Labute approximate surface area is 85.3 Å². The first-order chi connectivity index (χ1) is 6.66. The van der Waals surface area contributed by atoms with Gasteiger partial charge in [-0.05, 0) is 33.2 Å². The van der Waals surface area contributed by atoms with E-state index in [2.05, 4.69) is 10.5 Å². The highest BCUT2D eigenvalue weighted by Gasteiger charge is 1.94. The zero-order valence-electron chi connectivity index (χ0n) is 8.99. The van der Waals surface area contributed by atoms with Gasteiger partial charge >= 0.3 is 0 Å². The van der Waals surface area contributed by atoms with Crippen molar-refractivity contribution in [3.63, 3.8) is 0 Å². The van der Waals surface area contributed by atoms with Crippen molar-refractivity contribution in [3.05, 3.63) is 0 Å². The summed E-state index contributed by atoms with van der Waals surface area (Å²) in [6.45, 7) is 6.13. The van der Waals surface area contributed by atoms with E-state index in [1.807, 2.05) is 13.8 Å². The van der Waals surface area contributed by atoms with Gasteiger partial charge in [-0.15, -0.1) is 0 Å². The second kappa shape index (κ2) is 8.77. The molecule has 0 rings (SSSR count). The maximum atomic E-state index is 8.24. The zero-order valence-corrected chi connectivity index (χ0v) is 8.99. The van der Waals surface area contributed by atoms with Gasteiger partial charge in [0.1, 0.15) is 0 Å². The summed E-state index contributed by atoms with van der Waals surface area (Å²) in [6, 6.07) is 0. The van der Waals surface area contributed by atoms with Gasteiger partial charge in [-0.2, -0.15) is 0 Å². The molecule has 4 N–H and O–H groups in total. The Bertz CT molecular complexity index is 160. The van der Waals surface area contributed by atoms with Gasteiger partial charge in [0.05, 0.1) is 12.6 Å². The van der Waals surface area contributed by atoms with Crippen molar-refractivity contribution in [1.29, 1.82) is 0 Å². The lowest BCUT2D eigenvalue weighted by Gasteiger charge is -2.07. The number of nitrogens with zero attached hydrogens (tertiary/aromatic N) is 1. The number of nitrogens with one attached hydrogen (secondary N) is 1. The normalized spacial score (nSPS) is 12.4. The lowest BCUT2D eigenvalue weighted by Crippen LogP contribution is -2.29. The monoisotopic (exact) mass is 203 g/mol. The summed E-state index contributed by atoms with van der Waals surface area (Å²) in [5, 5.41) is 14.1. The number of hydrogen-bond acceptors (Lipinski definition) is 4. The first-order valence-corrected chi connectivity index (χ1v) is 4.95. The van der Waals surface area contributed by atoms with Crippen LogP contribution in [0.5, 0.6) is 0 Å². The van der Waals surface area contributed by atoms with E-state index in [4.69, 9.17) is 15.7 Å². The zero-order chi connectivity index (χ0) is 10.8. The summed E-state index contributed by atoms with van der Waals surface area (Å²) in [6.07, 6.45) is 2.37. The molecular formula is C9H21N3O2. The minimum absolute atomic E-state index is 0.212. The van der Waals surface area contributed by atoms with Gasteiger partial charge in [0, 0.05) is 6.61 Å². The largest absolute Gasteiger partial charge is 0.409 e. The third-order valence-electron chi connectivity index (χ3n) is 1.63. The SMILES string of the molecule is CC(C)OCCCCNCC(N)=NO. The van der Waals surface area contributed by atoms with Crippen LogP contribution < -0.4 is 11.1 Å². The average Bonchev–Trinajstić information content (AvgIpc) is 2.15. The van der Waals surface area contributed by atoms with Gasteiger partial charge in [0.2, 0.25) is 0 Å². The molecule has 0 amide bonds. The average molecular weight is 203 g/mol. The molecule has 0 aromatic heterocycles. The van der Waals surface area contributed by atoms with Gasteiger partial charge < -0.3 is 21.0 Å². The summed E-state index contributed by atoms with van der Waals surface area (Å²) in [5.74, 6) is 0.212. The molecule has 0 bridgehead atoms. The molecule has 0 aliphatic rings. The molecule has 0 fully saturated rings. The fourth-order valence-electron chi connectivity index (χ4n) is 0.923. The Kier molecular flexibility index (Phi) is 8.27. The van der Waals surface area contributed by atoms with E-state index in [0.29, 0.717) is 12.6 Å². The van der Waals surface area contributed by atoms with Crippen molar-refractivity contribution in [2.24, 2.45) is 10.9 Å². The van der Waals surface area contributed by atoms with Crippen LogP contribution in [-0.4, -0.2) is 36.8 Å². The van der Waals surface area contributed by atoms with Gasteiger partial charge in [-0.1, -0.05) is 5.16 Å². The van der Waals surface area contributed by atoms with Crippen molar-refractivity contribution in [2.45, 2.75) is 32.8 Å². The highest BCUT2D eigenvalue weighted by Crippen LogP contribution is 1.92. The predicted molar refractivity (Wildman–Crippen MR) is 56.6 cm³/mol. The molecule has 0 atom stereocenters. The standard InChI is InChI=1S/C9H21N3O2/c1-8(2)14-6-4-3-5-11-7-9(10)12-13/h8,11,13H,3-7H2,1-2H3,(H2,10,12). The lowest BCUT2D eigenvalue weighted by molar-refractivity contribution is 0.0761. The summed E-state index contributed by atoms with van der Waals surface area (Å²) in [5.41, 5.74) is 5.27. The van der Waals surface area contributed by atoms with Crippen LogP contribution in [0.3, 0.4) is 0 Å². The maximum Gasteiger partial charge on any atom is 0.153 e. The third-order valence-corrected chi connectivity index (χ3v) is 1.63. The van der Waals surface area contributed by atoms with E-state index in [9.17, 15) is 0 Å². The maximum absolute atomic E-state index is 8.24. The molecule has 0 saturated heterocycles. The minimum atomic E-state index is 0.212. The van der Waals surface area contributed by atoms with Gasteiger partial charge in [0.15, 0.2) is 5.84 Å². The lowest BCUT2D eigenvalue weighted by atomic mass is 10.3. The number of hydrogen-bond donors (Lipinski definition) is 3. The molecule has 0 heterocycles. The summed E-state index contributed by atoms with van der Waals surface area (Å²) >= 11 is 0. The minimum Gasteiger partial charge on any atom is -0.409 e. The Hall–Kier alpha value is -0.810. The molecular weight excluding hydrogens is 182 g/mol. The molecule has 5 nitrogen and oxygen atoms in total. The fourth-order valence-corrected chi connectivity index (χ4v) is 0.923. The van der Waals surface area contributed by atoms with Gasteiger partial charge in [-0.3, -0.25) is 0 Å². The molecule has 0 aromatic rings. The number of ether oxygens (including phenoxy) is 1. The number of amidine groups is 1. The topological polar surface area (TPSA) is 79.9 Å². The van der Waals surface area contributed by atoms with Crippen LogP contribution in [0.1, 0.15) is 26.7 Å². The number of rotatable bonds is 8. The number of unbranched alkanes of at least 4 members (excludes halogenated alkanes) is 1. The van der Waals surface area contributed by atoms with Crippen LogP contribution in [0.2, 0.25) is 0 Å². The predicted octanol–water partition coefficient (Wildman–Crippen LogP) is 0.528. The van der Waals surface area contributed by atoms with E-state index in [1.54, 1.807) is 0 Å². The highest BCUT2D eigenvalue weighted by atomic mass is 16.5. The first kappa shape index (κ1) is 13.2. The van der Waals surface area contributed by atoms with Crippen molar-refractivity contribution < 1.29 is 9.94 Å². The molecule has 0 aliphatic heterocycles. The smallest absolute Gasteiger partial charge is 0.153 e. The number of oxime groups is 1. The summed E-state index contributed by atoms with van der Waals surface area (Å²) < 4.78 is 5.37. The fraction of sp³-hybridized carbons (Fsp3) is 0.889. The first-order valence-electron chi connectivity index (χ1n) is 4.95.